The van der Waals surface area contributed by atoms with E-state index in [9.17, 15) is 9.59 Å². The van der Waals surface area contributed by atoms with Gasteiger partial charge in [-0.2, -0.15) is 0 Å². The predicted molar refractivity (Wildman–Crippen MR) is 89.8 cm³/mol. The number of methoxy groups -OCH3 is 2. The molecule has 0 unspecified atom stereocenters. The highest BCUT2D eigenvalue weighted by Crippen LogP contribution is 2.28. The number of benzene rings is 1. The minimum atomic E-state index is -0.591. The molecule has 0 aromatic heterocycles. The molecule has 1 heterocycles. The van der Waals surface area contributed by atoms with E-state index in [4.69, 9.17) is 14.2 Å². The zero-order valence-corrected chi connectivity index (χ0v) is 14.9. The van der Waals surface area contributed by atoms with Crippen molar-refractivity contribution in [2.45, 2.75) is 45.3 Å². The molecule has 132 valence electrons. The zero-order chi connectivity index (χ0) is 17.9. The summed E-state index contributed by atoms with van der Waals surface area (Å²) in [5, 5.41) is 0. The summed E-state index contributed by atoms with van der Waals surface area (Å²) in [6.07, 6.45) is 0.946. The fraction of sp³-hybridized carbons (Fsp3) is 0.556. The third kappa shape index (κ3) is 4.19. The molecule has 1 saturated heterocycles. The third-order valence-corrected chi connectivity index (χ3v) is 3.82. The normalized spacial score (nSPS) is 17.5. The Hall–Kier alpha value is -2.24. The average Bonchev–Trinajstić information content (AvgIpc) is 3.01. The van der Waals surface area contributed by atoms with Gasteiger partial charge in [-0.25, -0.2) is 4.79 Å². The van der Waals surface area contributed by atoms with Crippen LogP contribution in [0.1, 0.15) is 44.0 Å². The number of hydrogen-bond donors (Lipinski definition) is 0. The molecular formula is C18H25NO5. The second kappa shape index (κ2) is 7.11. The highest BCUT2D eigenvalue weighted by Gasteiger charge is 2.37. The summed E-state index contributed by atoms with van der Waals surface area (Å²) in [7, 11) is 3.07. The summed E-state index contributed by atoms with van der Waals surface area (Å²) in [6, 6.07) is 4.51. The lowest BCUT2D eigenvalue weighted by molar-refractivity contribution is 0.0222. The van der Waals surface area contributed by atoms with E-state index in [1.165, 1.54) is 19.1 Å². The van der Waals surface area contributed by atoms with Gasteiger partial charge in [0.15, 0.2) is 5.78 Å². The first-order valence-corrected chi connectivity index (χ1v) is 8.02. The summed E-state index contributed by atoms with van der Waals surface area (Å²) in [5.74, 6) is 0.953. The maximum absolute atomic E-state index is 12.9. The third-order valence-electron chi connectivity index (χ3n) is 3.82. The van der Waals surface area contributed by atoms with Gasteiger partial charge in [0.05, 0.1) is 20.3 Å². The lowest BCUT2D eigenvalue weighted by Crippen LogP contribution is -2.43. The lowest BCUT2D eigenvalue weighted by atomic mass is 10.0. The van der Waals surface area contributed by atoms with Crippen LogP contribution in [0.2, 0.25) is 0 Å². The second-order valence-electron chi connectivity index (χ2n) is 6.80. The first kappa shape index (κ1) is 18.1. The van der Waals surface area contributed by atoms with Crippen LogP contribution < -0.4 is 9.47 Å². The van der Waals surface area contributed by atoms with Gasteiger partial charge in [-0.15, -0.1) is 0 Å². The van der Waals surface area contributed by atoms with Crippen LogP contribution in [-0.2, 0) is 4.74 Å². The minimum Gasteiger partial charge on any atom is -0.497 e. The summed E-state index contributed by atoms with van der Waals surface area (Å²) < 4.78 is 15.8. The summed E-state index contributed by atoms with van der Waals surface area (Å²) in [6.45, 7) is 5.95. The number of amides is 1. The van der Waals surface area contributed by atoms with Gasteiger partial charge < -0.3 is 14.2 Å². The number of Topliss-reactive ketones (excluding diaryl/α,β-unsaturated/α-hetero) is 1. The van der Waals surface area contributed by atoms with Crippen molar-refractivity contribution in [1.82, 2.24) is 4.90 Å². The van der Waals surface area contributed by atoms with Gasteiger partial charge in [-0.05, 0) is 45.7 Å². The van der Waals surface area contributed by atoms with E-state index in [1.807, 2.05) is 20.8 Å². The van der Waals surface area contributed by atoms with Crippen molar-refractivity contribution in [1.29, 1.82) is 0 Å². The Labute approximate surface area is 142 Å². The van der Waals surface area contributed by atoms with Crippen molar-refractivity contribution in [3.63, 3.8) is 0 Å². The van der Waals surface area contributed by atoms with Crippen LogP contribution >= 0.6 is 0 Å². The molecule has 0 spiro atoms. The number of ketones is 1. The molecule has 2 rings (SSSR count). The van der Waals surface area contributed by atoms with Gasteiger partial charge in [0.25, 0.3) is 0 Å². The molecule has 24 heavy (non-hydrogen) atoms. The minimum absolute atomic E-state index is 0.129. The van der Waals surface area contributed by atoms with E-state index in [-0.39, 0.29) is 5.78 Å². The van der Waals surface area contributed by atoms with Crippen molar-refractivity contribution in [3.05, 3.63) is 23.8 Å². The molecule has 0 saturated carbocycles. The van der Waals surface area contributed by atoms with Crippen LogP contribution in [0.15, 0.2) is 18.2 Å². The first-order chi connectivity index (χ1) is 11.2. The molecule has 6 heteroatoms. The number of nitrogens with zero attached hydrogens (tertiary/aromatic N) is 1. The molecule has 1 aromatic carbocycles. The molecule has 6 nitrogen and oxygen atoms in total. The Balaban J connectivity index is 2.23. The van der Waals surface area contributed by atoms with Crippen molar-refractivity contribution in [2.75, 3.05) is 20.8 Å². The van der Waals surface area contributed by atoms with Crippen LogP contribution in [0.25, 0.3) is 0 Å². The van der Waals surface area contributed by atoms with Crippen molar-refractivity contribution >= 4 is 11.9 Å². The summed E-state index contributed by atoms with van der Waals surface area (Å²) in [5.41, 5.74) is -0.126. The Bertz CT molecular complexity index is 598. The molecule has 0 bridgehead atoms. The number of hydrogen-bond acceptors (Lipinski definition) is 5. The fourth-order valence-corrected chi connectivity index (χ4v) is 2.72. The monoisotopic (exact) mass is 335 g/mol. The number of likely N-dealkylation sites (tertiary alicyclic amines) is 1. The number of ether oxygens (including phenoxy) is 3. The van der Waals surface area contributed by atoms with Crippen molar-refractivity contribution < 1.29 is 23.8 Å². The van der Waals surface area contributed by atoms with Gasteiger partial charge in [-0.1, -0.05) is 0 Å². The van der Waals surface area contributed by atoms with Crippen LogP contribution in [0.3, 0.4) is 0 Å². The van der Waals surface area contributed by atoms with Crippen molar-refractivity contribution in [3.8, 4) is 11.5 Å². The van der Waals surface area contributed by atoms with E-state index in [0.29, 0.717) is 30.0 Å². The summed E-state index contributed by atoms with van der Waals surface area (Å²) in [4.78, 5) is 26.8. The molecule has 1 atom stereocenters. The highest BCUT2D eigenvalue weighted by molar-refractivity contribution is 6.02. The average molecular weight is 335 g/mol. The van der Waals surface area contributed by atoms with E-state index in [1.54, 1.807) is 18.2 Å². The van der Waals surface area contributed by atoms with Crippen molar-refractivity contribution in [2.24, 2.45) is 0 Å². The molecule has 1 aliphatic heterocycles. The summed E-state index contributed by atoms with van der Waals surface area (Å²) >= 11 is 0. The highest BCUT2D eigenvalue weighted by atomic mass is 16.6. The molecule has 0 N–H and O–H groups in total. The van der Waals surface area contributed by atoms with Gasteiger partial charge >= 0.3 is 6.09 Å². The maximum atomic E-state index is 12.9. The maximum Gasteiger partial charge on any atom is 0.410 e. The Morgan fingerprint density at radius 3 is 2.17 bits per heavy atom. The Morgan fingerprint density at radius 1 is 1.08 bits per heavy atom. The number of carbonyl (C=O) groups excluding carboxylic acids is 2. The number of carbonyl (C=O) groups is 2. The smallest absolute Gasteiger partial charge is 0.410 e. The molecular weight excluding hydrogens is 310 g/mol. The molecule has 1 fully saturated rings. The second-order valence-corrected chi connectivity index (χ2v) is 6.80. The van der Waals surface area contributed by atoms with Gasteiger partial charge in [0.2, 0.25) is 0 Å². The van der Waals surface area contributed by atoms with E-state index >= 15 is 0 Å². The lowest BCUT2D eigenvalue weighted by Gasteiger charge is -2.28. The van der Waals surface area contributed by atoms with Gasteiger partial charge in [0.1, 0.15) is 17.1 Å². The molecule has 0 radical (unpaired) electrons. The SMILES string of the molecule is COc1cc(OC)cc(C(=O)[C@@H]2CCCN2C(=O)OC(C)(C)C)c1. The van der Waals surface area contributed by atoms with E-state index in [0.717, 1.165) is 6.42 Å². The quantitative estimate of drug-likeness (QED) is 0.790. The van der Waals surface area contributed by atoms with E-state index < -0.39 is 17.7 Å². The standard InChI is InChI=1S/C18H25NO5/c1-18(2,3)24-17(21)19-8-6-7-15(19)16(20)12-9-13(22-4)11-14(10-12)23-5/h9-11,15H,6-8H2,1-5H3/t15-/m0/s1. The Kier molecular flexibility index (Phi) is 5.36. The topological polar surface area (TPSA) is 65.1 Å². The molecule has 1 aromatic rings. The van der Waals surface area contributed by atoms with Crippen LogP contribution in [0.5, 0.6) is 11.5 Å². The van der Waals surface area contributed by atoms with Crippen LogP contribution in [0.4, 0.5) is 4.79 Å². The molecule has 1 aliphatic rings. The fourth-order valence-electron chi connectivity index (χ4n) is 2.72. The van der Waals surface area contributed by atoms with Gasteiger partial charge in [0, 0.05) is 18.2 Å². The number of rotatable bonds is 4. The van der Waals surface area contributed by atoms with Crippen LogP contribution in [-0.4, -0.2) is 49.2 Å². The first-order valence-electron chi connectivity index (χ1n) is 8.02. The molecule has 1 amide bonds. The van der Waals surface area contributed by atoms with E-state index in [2.05, 4.69) is 0 Å². The van der Waals surface area contributed by atoms with Crippen LogP contribution in [0, 0.1) is 0 Å². The predicted octanol–water partition coefficient (Wildman–Crippen LogP) is 3.29. The Morgan fingerprint density at radius 2 is 1.67 bits per heavy atom. The zero-order valence-electron chi connectivity index (χ0n) is 14.9. The largest absolute Gasteiger partial charge is 0.497 e. The molecule has 0 aliphatic carbocycles. The van der Waals surface area contributed by atoms with Gasteiger partial charge in [-0.3, -0.25) is 9.69 Å².